The van der Waals surface area contributed by atoms with Gasteiger partial charge in [-0.1, -0.05) is 11.6 Å². The first-order chi connectivity index (χ1) is 8.62. The minimum absolute atomic E-state index is 0.0145. The number of hydrogen-bond acceptors (Lipinski definition) is 5. The minimum atomic E-state index is 0.0145. The Kier molecular flexibility index (Phi) is 5.64. The van der Waals surface area contributed by atoms with Crippen molar-refractivity contribution in [2.24, 2.45) is 0 Å². The van der Waals surface area contributed by atoms with Gasteiger partial charge in [0.25, 0.3) is 0 Å². The van der Waals surface area contributed by atoms with Crippen molar-refractivity contribution in [2.45, 2.75) is 13.8 Å². The normalized spacial score (nSPS) is 10.0. The van der Waals surface area contributed by atoms with Gasteiger partial charge in [-0.05, 0) is 13.8 Å². The van der Waals surface area contributed by atoms with Crippen molar-refractivity contribution >= 4 is 29.3 Å². The van der Waals surface area contributed by atoms with Crippen LogP contribution in [0.25, 0.3) is 0 Å². The fourth-order valence-electron chi connectivity index (χ4n) is 1.46. The lowest BCUT2D eigenvalue weighted by atomic mass is 10.4. The molecule has 1 rings (SSSR count). The molecule has 0 bridgehead atoms. The number of carbonyl (C=O) groups excluding carboxylic acids is 1. The molecule has 0 unspecified atom stereocenters. The topological polar surface area (TPSA) is 70.2 Å². The van der Waals surface area contributed by atoms with E-state index in [-0.39, 0.29) is 12.5 Å². The Labute approximate surface area is 112 Å². The van der Waals surface area contributed by atoms with Crippen LogP contribution in [0, 0.1) is 0 Å². The number of aromatic nitrogens is 2. The zero-order valence-electron chi connectivity index (χ0n) is 10.8. The molecule has 18 heavy (non-hydrogen) atoms. The van der Waals surface area contributed by atoms with Crippen LogP contribution in [-0.4, -0.2) is 47.5 Å². The largest absolute Gasteiger partial charge is 0.360 e. The fraction of sp³-hybridized carbons (Fsp3) is 0.545. The second kappa shape index (κ2) is 7.00. The molecule has 1 amide bonds. The third-order valence-corrected chi connectivity index (χ3v) is 2.77. The maximum Gasteiger partial charge on any atom is 0.241 e. The molecule has 0 saturated heterocycles. The molecule has 2 N–H and O–H groups in total. The first kappa shape index (κ1) is 14.5. The number of amides is 1. The number of carbonyl (C=O) groups is 1. The summed E-state index contributed by atoms with van der Waals surface area (Å²) in [7, 11) is 1.72. The zero-order valence-corrected chi connectivity index (χ0v) is 11.6. The van der Waals surface area contributed by atoms with E-state index in [0.717, 1.165) is 0 Å². The SMILES string of the molecule is CCN(CC)C(=O)CNc1nc(NC)ncc1Cl. The standard InChI is InChI=1S/C11H18ClN5O/c1-4-17(5-2)9(18)7-14-10-8(12)6-15-11(13-3)16-10/h6H,4-5,7H2,1-3H3,(H2,13,14,15,16). The van der Waals surface area contributed by atoms with Crippen LogP contribution in [0.5, 0.6) is 0 Å². The van der Waals surface area contributed by atoms with Crippen molar-refractivity contribution < 1.29 is 4.79 Å². The molecule has 1 aromatic heterocycles. The lowest BCUT2D eigenvalue weighted by Crippen LogP contribution is -2.35. The van der Waals surface area contributed by atoms with Gasteiger partial charge in [-0.2, -0.15) is 4.98 Å². The van der Waals surface area contributed by atoms with Crippen molar-refractivity contribution in [2.75, 3.05) is 37.3 Å². The van der Waals surface area contributed by atoms with Gasteiger partial charge in [0.2, 0.25) is 11.9 Å². The maximum atomic E-state index is 11.8. The molecule has 100 valence electrons. The van der Waals surface area contributed by atoms with E-state index in [1.807, 2.05) is 13.8 Å². The van der Waals surface area contributed by atoms with Gasteiger partial charge in [-0.3, -0.25) is 4.79 Å². The first-order valence-corrected chi connectivity index (χ1v) is 6.22. The summed E-state index contributed by atoms with van der Waals surface area (Å²) in [5, 5.41) is 6.12. The lowest BCUT2D eigenvalue weighted by Gasteiger charge is -2.19. The molecule has 6 nitrogen and oxygen atoms in total. The summed E-state index contributed by atoms with van der Waals surface area (Å²) in [5.74, 6) is 0.925. The highest BCUT2D eigenvalue weighted by molar-refractivity contribution is 6.32. The number of nitrogens with one attached hydrogen (secondary N) is 2. The van der Waals surface area contributed by atoms with Gasteiger partial charge in [0, 0.05) is 20.1 Å². The smallest absolute Gasteiger partial charge is 0.241 e. The fourth-order valence-corrected chi connectivity index (χ4v) is 1.62. The van der Waals surface area contributed by atoms with E-state index < -0.39 is 0 Å². The molecule has 7 heteroatoms. The van der Waals surface area contributed by atoms with Gasteiger partial charge in [0.1, 0.15) is 5.02 Å². The van der Waals surface area contributed by atoms with Crippen LogP contribution in [0.1, 0.15) is 13.8 Å². The van der Waals surface area contributed by atoms with Crippen molar-refractivity contribution in [1.29, 1.82) is 0 Å². The van der Waals surface area contributed by atoms with E-state index in [9.17, 15) is 4.79 Å². The maximum absolute atomic E-state index is 11.8. The van der Waals surface area contributed by atoms with Crippen molar-refractivity contribution in [3.05, 3.63) is 11.2 Å². The minimum Gasteiger partial charge on any atom is -0.360 e. The van der Waals surface area contributed by atoms with Crippen LogP contribution >= 0.6 is 11.6 Å². The van der Waals surface area contributed by atoms with Crippen LogP contribution in [0.3, 0.4) is 0 Å². The van der Waals surface area contributed by atoms with E-state index in [2.05, 4.69) is 20.6 Å². The molecule has 0 fully saturated rings. The number of anilines is 2. The lowest BCUT2D eigenvalue weighted by molar-refractivity contribution is -0.128. The van der Waals surface area contributed by atoms with E-state index in [0.29, 0.717) is 29.9 Å². The number of likely N-dealkylation sites (N-methyl/N-ethyl adjacent to an activating group) is 1. The van der Waals surface area contributed by atoms with E-state index >= 15 is 0 Å². The third-order valence-electron chi connectivity index (χ3n) is 2.49. The van der Waals surface area contributed by atoms with Crippen molar-refractivity contribution in [1.82, 2.24) is 14.9 Å². The van der Waals surface area contributed by atoms with Gasteiger partial charge >= 0.3 is 0 Å². The molecule has 0 spiro atoms. The molecule has 1 aromatic rings. The average molecular weight is 272 g/mol. The van der Waals surface area contributed by atoms with E-state index in [1.165, 1.54) is 6.20 Å². The molecule has 0 aliphatic carbocycles. The summed E-state index contributed by atoms with van der Waals surface area (Å²) in [6, 6.07) is 0. The number of hydrogen-bond donors (Lipinski definition) is 2. The summed E-state index contributed by atoms with van der Waals surface area (Å²) < 4.78 is 0. The predicted molar refractivity (Wildman–Crippen MR) is 73.0 cm³/mol. The van der Waals surface area contributed by atoms with Crippen molar-refractivity contribution in [3.63, 3.8) is 0 Å². The Morgan fingerprint density at radius 3 is 2.67 bits per heavy atom. The Hall–Kier alpha value is -1.56. The highest BCUT2D eigenvalue weighted by Gasteiger charge is 2.11. The highest BCUT2D eigenvalue weighted by atomic mass is 35.5. The number of halogens is 1. The van der Waals surface area contributed by atoms with Crippen LogP contribution in [0.4, 0.5) is 11.8 Å². The Morgan fingerprint density at radius 1 is 1.44 bits per heavy atom. The van der Waals surface area contributed by atoms with E-state index in [1.54, 1.807) is 11.9 Å². The zero-order chi connectivity index (χ0) is 13.5. The Morgan fingerprint density at radius 2 is 2.11 bits per heavy atom. The van der Waals surface area contributed by atoms with E-state index in [4.69, 9.17) is 11.6 Å². The molecule has 0 aromatic carbocycles. The molecule has 0 radical (unpaired) electrons. The molecule has 0 atom stereocenters. The van der Waals surface area contributed by atoms with Gasteiger partial charge in [-0.15, -0.1) is 0 Å². The molecule has 0 saturated carbocycles. The monoisotopic (exact) mass is 271 g/mol. The number of rotatable bonds is 6. The van der Waals surface area contributed by atoms with Crippen molar-refractivity contribution in [3.8, 4) is 0 Å². The Bertz CT molecular complexity index is 408. The van der Waals surface area contributed by atoms with Gasteiger partial charge in [-0.25, -0.2) is 4.98 Å². The van der Waals surface area contributed by atoms with Gasteiger partial charge in [0.15, 0.2) is 5.82 Å². The summed E-state index contributed by atoms with van der Waals surface area (Å²) in [6.45, 7) is 5.44. The predicted octanol–water partition coefficient (Wildman–Crippen LogP) is 1.45. The van der Waals surface area contributed by atoms with Crippen LogP contribution in [-0.2, 0) is 4.79 Å². The quantitative estimate of drug-likeness (QED) is 0.820. The molecule has 1 heterocycles. The summed E-state index contributed by atoms with van der Waals surface area (Å²) in [5.41, 5.74) is 0. The van der Waals surface area contributed by atoms with Crippen LogP contribution in [0.2, 0.25) is 5.02 Å². The molecular formula is C11H18ClN5O. The second-order valence-electron chi connectivity index (χ2n) is 3.56. The third kappa shape index (κ3) is 3.73. The summed E-state index contributed by atoms with van der Waals surface area (Å²) in [6.07, 6.45) is 1.49. The summed E-state index contributed by atoms with van der Waals surface area (Å²) in [4.78, 5) is 21.6. The van der Waals surface area contributed by atoms with Crippen LogP contribution < -0.4 is 10.6 Å². The molecule has 0 aliphatic rings. The van der Waals surface area contributed by atoms with Gasteiger partial charge in [0.05, 0.1) is 12.7 Å². The summed E-state index contributed by atoms with van der Waals surface area (Å²) >= 11 is 5.94. The van der Waals surface area contributed by atoms with Gasteiger partial charge < -0.3 is 15.5 Å². The molecular weight excluding hydrogens is 254 g/mol. The average Bonchev–Trinajstić information content (AvgIpc) is 2.39. The molecule has 0 aliphatic heterocycles. The first-order valence-electron chi connectivity index (χ1n) is 5.84. The highest BCUT2D eigenvalue weighted by Crippen LogP contribution is 2.18. The second-order valence-corrected chi connectivity index (χ2v) is 3.97. The van der Waals surface area contributed by atoms with Crippen LogP contribution in [0.15, 0.2) is 6.20 Å². The number of nitrogens with zero attached hydrogens (tertiary/aromatic N) is 3. The Balaban J connectivity index is 2.65.